The van der Waals surface area contributed by atoms with Gasteiger partial charge in [0.1, 0.15) is 5.88 Å². The fourth-order valence-electron chi connectivity index (χ4n) is 0.192. The molecule has 0 saturated carbocycles. The van der Waals surface area contributed by atoms with Crippen LogP contribution in [0.25, 0.3) is 0 Å². The normalized spacial score (nSPS) is 9.90. The second-order valence-electron chi connectivity index (χ2n) is 1.21. The standard InChI is InChI=1S/C2H5ClNO4P.Li/c3-1-2(5)4-9(6,7)8;/h1H2,(H3,4,5,6,7,8);/q;+1. The molecule has 0 radical (unpaired) electrons. The van der Waals surface area contributed by atoms with E-state index in [2.05, 4.69) is 0 Å². The summed E-state index contributed by atoms with van der Waals surface area (Å²) in [7, 11) is -4.42. The Morgan fingerprint density at radius 3 is 2.10 bits per heavy atom. The molecule has 0 saturated heterocycles. The zero-order valence-electron chi connectivity index (χ0n) is 5.24. The van der Waals surface area contributed by atoms with E-state index in [-0.39, 0.29) is 18.9 Å². The van der Waals surface area contributed by atoms with Crippen molar-refractivity contribution in [3.05, 3.63) is 0 Å². The molecule has 0 bridgehead atoms. The largest absolute Gasteiger partial charge is 1.00 e. The number of nitrogens with one attached hydrogen (secondary N) is 1. The molecule has 5 nitrogen and oxygen atoms in total. The molecule has 0 aromatic heterocycles. The molecule has 10 heavy (non-hydrogen) atoms. The molecule has 0 spiro atoms. The average molecular weight is 180 g/mol. The molecule has 0 aliphatic heterocycles. The Morgan fingerprint density at radius 1 is 1.60 bits per heavy atom. The maximum absolute atomic E-state index is 10.1. The maximum atomic E-state index is 10.1. The van der Waals surface area contributed by atoms with E-state index in [0.29, 0.717) is 0 Å². The number of amides is 1. The number of carbonyl (C=O) groups is 1. The first-order chi connectivity index (χ1) is 3.95. The van der Waals surface area contributed by atoms with Crippen LogP contribution in [-0.4, -0.2) is 21.6 Å². The Bertz CT molecular complexity index is 157. The topological polar surface area (TPSA) is 86.6 Å². The minimum Gasteiger partial charge on any atom is -0.308 e. The summed E-state index contributed by atoms with van der Waals surface area (Å²) < 4.78 is 9.90. The van der Waals surface area contributed by atoms with E-state index in [0.717, 1.165) is 0 Å². The van der Waals surface area contributed by atoms with E-state index >= 15 is 0 Å². The van der Waals surface area contributed by atoms with Gasteiger partial charge in [-0.05, 0) is 0 Å². The summed E-state index contributed by atoms with van der Waals surface area (Å²) >= 11 is 4.90. The van der Waals surface area contributed by atoms with Gasteiger partial charge in [-0.25, -0.2) is 4.57 Å². The number of alkyl halides is 1. The molecule has 3 N–H and O–H groups in total. The summed E-state index contributed by atoms with van der Waals surface area (Å²) in [6.07, 6.45) is 0. The monoisotopic (exact) mass is 180 g/mol. The van der Waals surface area contributed by atoms with Gasteiger partial charge in [0.2, 0.25) is 5.91 Å². The predicted molar refractivity (Wildman–Crippen MR) is 30.9 cm³/mol. The molecule has 0 heterocycles. The maximum Gasteiger partial charge on any atom is 1.00 e. The third kappa shape index (κ3) is 8.51. The zero-order valence-corrected chi connectivity index (χ0v) is 6.89. The van der Waals surface area contributed by atoms with Crippen LogP contribution >= 0.6 is 19.3 Å². The van der Waals surface area contributed by atoms with Crippen molar-refractivity contribution in [1.29, 1.82) is 0 Å². The summed E-state index contributed by atoms with van der Waals surface area (Å²) in [5.74, 6) is -1.34. The van der Waals surface area contributed by atoms with Crippen molar-refractivity contribution in [1.82, 2.24) is 5.09 Å². The minimum absolute atomic E-state index is 0. The van der Waals surface area contributed by atoms with Gasteiger partial charge < -0.3 is 9.79 Å². The van der Waals surface area contributed by atoms with Gasteiger partial charge in [-0.1, -0.05) is 0 Å². The van der Waals surface area contributed by atoms with Gasteiger partial charge in [-0.2, -0.15) is 0 Å². The van der Waals surface area contributed by atoms with Crippen molar-refractivity contribution in [3.63, 3.8) is 0 Å². The third-order valence-corrected chi connectivity index (χ3v) is 1.18. The predicted octanol–water partition coefficient (Wildman–Crippen LogP) is -3.56. The van der Waals surface area contributed by atoms with Gasteiger partial charge >= 0.3 is 26.6 Å². The molecular formula is C2H5ClLiNO4P+. The van der Waals surface area contributed by atoms with Crippen LogP contribution in [0.4, 0.5) is 0 Å². The molecule has 54 valence electrons. The SMILES string of the molecule is O=C(CCl)NP(=O)(O)O.[Li+]. The quantitative estimate of drug-likeness (QED) is 0.233. The van der Waals surface area contributed by atoms with Crippen LogP contribution in [-0.2, 0) is 9.36 Å². The fourth-order valence-corrected chi connectivity index (χ4v) is 0.756. The second kappa shape index (κ2) is 5.20. The Hall–Kier alpha value is 0.507. The first-order valence-electron chi connectivity index (χ1n) is 1.88. The average Bonchev–Trinajstić information content (AvgIpc) is 1.62. The van der Waals surface area contributed by atoms with Gasteiger partial charge in [0.15, 0.2) is 0 Å². The van der Waals surface area contributed by atoms with Crippen LogP contribution in [0.15, 0.2) is 0 Å². The van der Waals surface area contributed by atoms with Crippen molar-refractivity contribution < 1.29 is 38.0 Å². The van der Waals surface area contributed by atoms with E-state index < -0.39 is 19.5 Å². The van der Waals surface area contributed by atoms with Crippen LogP contribution in [0.1, 0.15) is 0 Å². The van der Waals surface area contributed by atoms with Crippen molar-refractivity contribution in [3.8, 4) is 0 Å². The number of rotatable bonds is 2. The molecule has 0 atom stereocenters. The molecule has 0 unspecified atom stereocenters. The summed E-state index contributed by atoms with van der Waals surface area (Å²) in [6, 6.07) is 0. The van der Waals surface area contributed by atoms with E-state index in [1.54, 1.807) is 0 Å². The fraction of sp³-hybridized carbons (Fsp3) is 0.500. The summed E-state index contributed by atoms with van der Waals surface area (Å²) in [6.45, 7) is 0. The molecular weight excluding hydrogens is 175 g/mol. The van der Waals surface area contributed by atoms with Gasteiger partial charge in [0.05, 0.1) is 0 Å². The minimum atomic E-state index is -4.42. The Balaban J connectivity index is 0. The van der Waals surface area contributed by atoms with E-state index in [9.17, 15) is 9.36 Å². The third-order valence-electron chi connectivity index (χ3n) is 0.392. The smallest absolute Gasteiger partial charge is 0.308 e. The second-order valence-corrected chi connectivity index (χ2v) is 2.79. The van der Waals surface area contributed by atoms with Gasteiger partial charge in [-0.3, -0.25) is 9.88 Å². The van der Waals surface area contributed by atoms with Crippen molar-refractivity contribution >= 4 is 25.3 Å². The van der Waals surface area contributed by atoms with Crippen molar-refractivity contribution in [2.75, 3.05) is 5.88 Å². The summed E-state index contributed by atoms with van der Waals surface area (Å²) in [4.78, 5) is 26.2. The zero-order chi connectivity index (χ0) is 7.49. The first-order valence-corrected chi connectivity index (χ1v) is 4.03. The number of carbonyl (C=O) groups excluding carboxylic acids is 1. The molecule has 0 rings (SSSR count). The van der Waals surface area contributed by atoms with Crippen LogP contribution in [0.3, 0.4) is 0 Å². The van der Waals surface area contributed by atoms with Gasteiger partial charge in [0, 0.05) is 0 Å². The summed E-state index contributed by atoms with van der Waals surface area (Å²) in [5, 5.41) is 1.36. The van der Waals surface area contributed by atoms with Gasteiger partial charge in [-0.15, -0.1) is 11.6 Å². The van der Waals surface area contributed by atoms with Crippen molar-refractivity contribution in [2.45, 2.75) is 0 Å². The number of halogens is 1. The van der Waals surface area contributed by atoms with Crippen LogP contribution < -0.4 is 23.9 Å². The molecule has 1 amide bonds. The molecule has 0 aromatic rings. The van der Waals surface area contributed by atoms with Crippen LogP contribution in [0, 0.1) is 0 Å². The Kier molecular flexibility index (Phi) is 6.82. The van der Waals surface area contributed by atoms with Crippen molar-refractivity contribution in [2.24, 2.45) is 0 Å². The van der Waals surface area contributed by atoms with Crippen LogP contribution in [0.5, 0.6) is 0 Å². The van der Waals surface area contributed by atoms with E-state index in [1.165, 1.54) is 5.09 Å². The van der Waals surface area contributed by atoms with Gasteiger partial charge in [0.25, 0.3) is 0 Å². The summed E-state index contributed by atoms with van der Waals surface area (Å²) in [5.41, 5.74) is 0. The molecule has 0 aromatic carbocycles. The Labute approximate surface area is 74.5 Å². The van der Waals surface area contributed by atoms with Crippen LogP contribution in [0.2, 0.25) is 0 Å². The molecule has 8 heteroatoms. The number of hydrogen-bond donors (Lipinski definition) is 3. The van der Waals surface area contributed by atoms with E-state index in [1.807, 2.05) is 0 Å². The molecule has 0 fully saturated rings. The molecule has 0 aliphatic carbocycles. The first kappa shape index (κ1) is 13.1. The molecule has 0 aliphatic rings. The number of hydrogen-bond acceptors (Lipinski definition) is 2. The van der Waals surface area contributed by atoms with E-state index in [4.69, 9.17) is 21.4 Å². The Morgan fingerprint density at radius 2 is 2.00 bits per heavy atom.